The highest BCUT2D eigenvalue weighted by molar-refractivity contribution is 5.90. The zero-order valence-corrected chi connectivity index (χ0v) is 20.1. The average Bonchev–Trinajstić information content (AvgIpc) is 3.60. The minimum absolute atomic E-state index is 0.321. The molecule has 0 saturated heterocycles. The molecule has 0 amide bonds. The normalized spacial score (nSPS) is 12.7. The van der Waals surface area contributed by atoms with E-state index in [4.69, 9.17) is 9.47 Å². The van der Waals surface area contributed by atoms with Gasteiger partial charge >= 0.3 is 11.9 Å². The topological polar surface area (TPSA) is 110 Å². The van der Waals surface area contributed by atoms with Crippen molar-refractivity contribution < 1.29 is 19.1 Å². The molecule has 0 aliphatic heterocycles. The Morgan fingerprint density at radius 2 is 0.895 bits per heavy atom. The van der Waals surface area contributed by atoms with Gasteiger partial charge in [-0.05, 0) is 48.5 Å². The standard InChI is InChI=1S/C30H22N4O4/c35-29(19-11-3-1-4-12-19)37-25(27-31-21-15-7-8-16-22(21)32-27)26(38-30(36)20-13-5-2-6-14-20)28-33-23-17-9-10-18-24(23)34-28/h1-18,25-26H,(H,31,32)(H,33,34)/t25-,26-/m1/s1. The number of benzene rings is 4. The summed E-state index contributed by atoms with van der Waals surface area (Å²) in [6.07, 6.45) is -2.27. The van der Waals surface area contributed by atoms with Crippen LogP contribution in [0.25, 0.3) is 22.1 Å². The third-order valence-electron chi connectivity index (χ3n) is 6.12. The molecule has 38 heavy (non-hydrogen) atoms. The number of hydrogen-bond acceptors (Lipinski definition) is 6. The first-order valence-electron chi connectivity index (χ1n) is 12.1. The lowest BCUT2D eigenvalue weighted by Gasteiger charge is -2.24. The van der Waals surface area contributed by atoms with Crippen molar-refractivity contribution >= 4 is 34.0 Å². The minimum Gasteiger partial charge on any atom is -0.446 e. The number of imidazole rings is 2. The van der Waals surface area contributed by atoms with Gasteiger partial charge in [-0.25, -0.2) is 19.6 Å². The minimum atomic E-state index is -1.14. The molecule has 4 aromatic carbocycles. The van der Waals surface area contributed by atoms with Gasteiger partial charge < -0.3 is 19.4 Å². The number of ether oxygens (including phenoxy) is 2. The maximum absolute atomic E-state index is 13.3. The lowest BCUT2D eigenvalue weighted by molar-refractivity contribution is -0.0438. The number of carbonyl (C=O) groups excluding carboxylic acids is 2. The second-order valence-electron chi connectivity index (χ2n) is 8.66. The van der Waals surface area contributed by atoms with Crippen LogP contribution in [-0.4, -0.2) is 31.9 Å². The number of esters is 2. The molecular formula is C30H22N4O4. The fourth-order valence-corrected chi connectivity index (χ4v) is 4.25. The molecular weight excluding hydrogens is 480 g/mol. The van der Waals surface area contributed by atoms with E-state index in [1.807, 2.05) is 60.7 Å². The molecule has 6 rings (SSSR count). The number of nitrogens with one attached hydrogen (secondary N) is 2. The van der Waals surface area contributed by atoms with Crippen molar-refractivity contribution in [1.82, 2.24) is 19.9 Å². The van der Waals surface area contributed by atoms with Gasteiger partial charge in [0.1, 0.15) is 0 Å². The Bertz CT molecular complexity index is 1530. The largest absolute Gasteiger partial charge is 0.446 e. The van der Waals surface area contributed by atoms with E-state index in [2.05, 4.69) is 19.9 Å². The summed E-state index contributed by atoms with van der Waals surface area (Å²) in [5.74, 6) is -0.538. The van der Waals surface area contributed by atoms with Crippen LogP contribution in [-0.2, 0) is 9.47 Å². The maximum Gasteiger partial charge on any atom is 0.338 e. The second-order valence-corrected chi connectivity index (χ2v) is 8.66. The van der Waals surface area contributed by atoms with Crippen LogP contribution in [0.15, 0.2) is 109 Å². The molecule has 0 saturated carbocycles. The first-order chi connectivity index (χ1) is 18.7. The molecule has 0 aliphatic carbocycles. The number of para-hydroxylation sites is 4. The van der Waals surface area contributed by atoms with Crippen LogP contribution in [0.5, 0.6) is 0 Å². The number of rotatable bonds is 7. The summed E-state index contributed by atoms with van der Waals surface area (Å²) >= 11 is 0. The van der Waals surface area contributed by atoms with Crippen LogP contribution in [0.4, 0.5) is 0 Å². The van der Waals surface area contributed by atoms with E-state index in [9.17, 15) is 9.59 Å². The maximum atomic E-state index is 13.3. The molecule has 0 bridgehead atoms. The van der Waals surface area contributed by atoms with Crippen LogP contribution in [0.2, 0.25) is 0 Å². The highest BCUT2D eigenvalue weighted by atomic mass is 16.6. The molecule has 186 valence electrons. The molecule has 0 radical (unpaired) electrons. The molecule has 6 aromatic rings. The van der Waals surface area contributed by atoms with Crippen LogP contribution in [0, 0.1) is 0 Å². The van der Waals surface area contributed by atoms with Crippen molar-refractivity contribution in [3.63, 3.8) is 0 Å². The quantitative estimate of drug-likeness (QED) is 0.262. The van der Waals surface area contributed by atoms with Gasteiger partial charge in [-0.15, -0.1) is 0 Å². The number of carbonyl (C=O) groups is 2. The van der Waals surface area contributed by atoms with Gasteiger partial charge in [0.15, 0.2) is 11.6 Å². The second kappa shape index (κ2) is 10.0. The number of aromatic amines is 2. The number of nitrogens with zero attached hydrogens (tertiary/aromatic N) is 2. The molecule has 0 unspecified atom stereocenters. The van der Waals surface area contributed by atoms with Crippen molar-refractivity contribution in [2.45, 2.75) is 12.2 Å². The molecule has 2 aromatic heterocycles. The third kappa shape index (κ3) is 4.62. The smallest absolute Gasteiger partial charge is 0.338 e. The summed E-state index contributed by atoms with van der Waals surface area (Å²) in [6, 6.07) is 32.2. The van der Waals surface area contributed by atoms with Crippen molar-refractivity contribution in [3.8, 4) is 0 Å². The highest BCUT2D eigenvalue weighted by Gasteiger charge is 2.37. The van der Waals surface area contributed by atoms with Gasteiger partial charge in [-0.3, -0.25) is 0 Å². The number of aromatic nitrogens is 4. The monoisotopic (exact) mass is 502 g/mol. The Morgan fingerprint density at radius 1 is 0.526 bits per heavy atom. The predicted molar refractivity (Wildman–Crippen MR) is 141 cm³/mol. The van der Waals surface area contributed by atoms with Gasteiger partial charge in [0.25, 0.3) is 0 Å². The Morgan fingerprint density at radius 3 is 1.29 bits per heavy atom. The zero-order chi connectivity index (χ0) is 25.9. The average molecular weight is 503 g/mol. The molecule has 0 spiro atoms. The van der Waals surface area contributed by atoms with Gasteiger partial charge in [0.05, 0.1) is 33.2 Å². The van der Waals surface area contributed by atoms with E-state index >= 15 is 0 Å². The summed E-state index contributed by atoms with van der Waals surface area (Å²) in [5, 5.41) is 0. The van der Waals surface area contributed by atoms with Crippen molar-refractivity contribution in [2.24, 2.45) is 0 Å². The molecule has 0 fully saturated rings. The van der Waals surface area contributed by atoms with Crippen molar-refractivity contribution in [1.29, 1.82) is 0 Å². The summed E-state index contributed by atoms with van der Waals surface area (Å²) < 4.78 is 12.1. The number of H-pyrrole nitrogens is 2. The Labute approximate surface area is 217 Å². The van der Waals surface area contributed by atoms with Gasteiger partial charge in [0, 0.05) is 0 Å². The Hall–Kier alpha value is -5.24. The molecule has 0 aliphatic rings. The molecule has 8 heteroatoms. The first kappa shape index (κ1) is 23.2. The summed E-state index contributed by atoms with van der Waals surface area (Å²) in [7, 11) is 0. The van der Waals surface area contributed by atoms with Gasteiger partial charge in [-0.2, -0.15) is 0 Å². The number of fused-ring (bicyclic) bond motifs is 2. The van der Waals surface area contributed by atoms with E-state index in [1.54, 1.807) is 48.5 Å². The van der Waals surface area contributed by atoms with E-state index in [-0.39, 0.29) is 0 Å². The SMILES string of the molecule is O=C(O[C@@H](c1nc2ccccc2[nH]1)[C@@H](OC(=O)c1ccccc1)c1nc2ccccc2[nH]1)c1ccccc1. The summed E-state index contributed by atoms with van der Waals surface area (Å²) in [4.78, 5) is 42.3. The van der Waals surface area contributed by atoms with Crippen molar-refractivity contribution in [2.75, 3.05) is 0 Å². The van der Waals surface area contributed by atoms with Gasteiger partial charge in [-0.1, -0.05) is 60.7 Å². The molecule has 8 nitrogen and oxygen atoms in total. The Kier molecular flexibility index (Phi) is 6.11. The Balaban J connectivity index is 1.47. The predicted octanol–water partition coefficient (Wildman–Crippen LogP) is 5.94. The lowest BCUT2D eigenvalue weighted by atomic mass is 10.1. The highest BCUT2D eigenvalue weighted by Crippen LogP contribution is 2.36. The van der Waals surface area contributed by atoms with E-state index in [0.29, 0.717) is 33.8 Å². The summed E-state index contributed by atoms with van der Waals surface area (Å²) in [6.45, 7) is 0. The molecule has 2 heterocycles. The number of hydrogen-bond donors (Lipinski definition) is 2. The van der Waals surface area contributed by atoms with E-state index in [0.717, 1.165) is 11.0 Å². The van der Waals surface area contributed by atoms with Gasteiger partial charge in [0.2, 0.25) is 12.2 Å². The van der Waals surface area contributed by atoms with Crippen LogP contribution < -0.4 is 0 Å². The van der Waals surface area contributed by atoms with Crippen molar-refractivity contribution in [3.05, 3.63) is 132 Å². The van der Waals surface area contributed by atoms with Crippen LogP contribution >= 0.6 is 0 Å². The molecule has 2 atom stereocenters. The van der Waals surface area contributed by atoms with Crippen LogP contribution in [0.3, 0.4) is 0 Å². The lowest BCUT2D eigenvalue weighted by Crippen LogP contribution is -2.25. The summed E-state index contributed by atoms with van der Waals surface area (Å²) in [5.41, 5.74) is 3.57. The van der Waals surface area contributed by atoms with E-state index < -0.39 is 24.1 Å². The first-order valence-corrected chi connectivity index (χ1v) is 12.1. The molecule has 2 N–H and O–H groups in total. The third-order valence-corrected chi connectivity index (χ3v) is 6.12. The van der Waals surface area contributed by atoms with E-state index in [1.165, 1.54) is 0 Å². The zero-order valence-electron chi connectivity index (χ0n) is 20.1. The fourth-order valence-electron chi connectivity index (χ4n) is 4.25. The van der Waals surface area contributed by atoms with Crippen LogP contribution in [0.1, 0.15) is 44.6 Å². The fraction of sp³-hybridized carbons (Fsp3) is 0.0667.